The number of methoxy groups -OCH3 is 1. The molecule has 3 atom stereocenters. The third-order valence-electron chi connectivity index (χ3n) is 3.85. The largest absolute Gasteiger partial charge is 0.461 e. The number of ketones is 1. The molecule has 0 aliphatic carbocycles. The standard InChI is InChI=1S/C16H26N2O6/c1-11(22-2)15(20)18-14(6-5-12(19)10-17)16(21)24-13-4-3-8-23-9-7-13/h10-11,13-14,17H,3-9H2,1-2H3,(H,18,20)/t11-,13+,14+/m1/s1. The van der Waals surface area contributed by atoms with Crippen LogP contribution < -0.4 is 5.32 Å². The first-order valence-corrected chi connectivity index (χ1v) is 8.12. The molecule has 1 heterocycles. The second-order valence-electron chi connectivity index (χ2n) is 5.69. The second kappa shape index (κ2) is 10.9. The zero-order valence-corrected chi connectivity index (χ0v) is 14.2. The van der Waals surface area contributed by atoms with Crippen LogP contribution in [0.25, 0.3) is 0 Å². The highest BCUT2D eigenvalue weighted by molar-refractivity contribution is 6.26. The Balaban J connectivity index is 2.66. The summed E-state index contributed by atoms with van der Waals surface area (Å²) in [6.45, 7) is 2.73. The molecule has 2 N–H and O–H groups in total. The summed E-state index contributed by atoms with van der Waals surface area (Å²) in [5.74, 6) is -1.44. The summed E-state index contributed by atoms with van der Waals surface area (Å²) in [7, 11) is 1.39. The predicted molar refractivity (Wildman–Crippen MR) is 86.0 cm³/mol. The van der Waals surface area contributed by atoms with E-state index < -0.39 is 29.8 Å². The van der Waals surface area contributed by atoms with E-state index >= 15 is 0 Å². The molecule has 0 aromatic heterocycles. The van der Waals surface area contributed by atoms with Crippen molar-refractivity contribution in [2.24, 2.45) is 0 Å². The molecule has 0 bridgehead atoms. The van der Waals surface area contributed by atoms with Gasteiger partial charge in [0.1, 0.15) is 18.2 Å². The van der Waals surface area contributed by atoms with E-state index in [1.807, 2.05) is 0 Å². The van der Waals surface area contributed by atoms with E-state index in [-0.39, 0.29) is 18.9 Å². The maximum atomic E-state index is 12.4. The predicted octanol–water partition coefficient (Wildman–Crippen LogP) is 0.617. The van der Waals surface area contributed by atoms with Crippen LogP contribution in [-0.4, -0.2) is 62.4 Å². The van der Waals surface area contributed by atoms with E-state index in [4.69, 9.17) is 19.6 Å². The number of amides is 1. The number of hydrogen-bond acceptors (Lipinski definition) is 7. The highest BCUT2D eigenvalue weighted by Gasteiger charge is 2.27. The Morgan fingerprint density at radius 3 is 2.75 bits per heavy atom. The van der Waals surface area contributed by atoms with Gasteiger partial charge in [-0.05, 0) is 26.2 Å². The minimum Gasteiger partial charge on any atom is -0.461 e. The zero-order chi connectivity index (χ0) is 17.9. The average Bonchev–Trinajstić information content (AvgIpc) is 2.85. The lowest BCUT2D eigenvalue weighted by molar-refractivity contribution is -0.154. The van der Waals surface area contributed by atoms with Crippen molar-refractivity contribution in [2.75, 3.05) is 20.3 Å². The van der Waals surface area contributed by atoms with Gasteiger partial charge in [-0.1, -0.05) is 0 Å². The molecule has 1 fully saturated rings. The van der Waals surface area contributed by atoms with Crippen molar-refractivity contribution in [1.29, 1.82) is 5.41 Å². The molecule has 1 aliphatic heterocycles. The van der Waals surface area contributed by atoms with Crippen LogP contribution in [-0.2, 0) is 28.6 Å². The van der Waals surface area contributed by atoms with Gasteiger partial charge in [-0.3, -0.25) is 9.59 Å². The van der Waals surface area contributed by atoms with Gasteiger partial charge in [-0.25, -0.2) is 4.79 Å². The third-order valence-corrected chi connectivity index (χ3v) is 3.85. The Hall–Kier alpha value is -1.80. The van der Waals surface area contributed by atoms with E-state index in [9.17, 15) is 14.4 Å². The van der Waals surface area contributed by atoms with Crippen LogP contribution in [0.4, 0.5) is 0 Å². The summed E-state index contributed by atoms with van der Waals surface area (Å²) < 4.78 is 15.7. The monoisotopic (exact) mass is 342 g/mol. The van der Waals surface area contributed by atoms with Crippen LogP contribution in [0.1, 0.15) is 39.0 Å². The van der Waals surface area contributed by atoms with Crippen LogP contribution in [0, 0.1) is 5.41 Å². The van der Waals surface area contributed by atoms with E-state index in [0.29, 0.717) is 32.3 Å². The van der Waals surface area contributed by atoms with Gasteiger partial charge in [0.25, 0.3) is 0 Å². The number of Topliss-reactive ketones (excluding diaryl/α,β-unsaturated/α-hetero) is 1. The van der Waals surface area contributed by atoms with Crippen LogP contribution in [0.3, 0.4) is 0 Å². The van der Waals surface area contributed by atoms with Gasteiger partial charge >= 0.3 is 5.97 Å². The summed E-state index contributed by atoms with van der Waals surface area (Å²) in [5, 5.41) is 9.47. The number of hydrogen-bond donors (Lipinski definition) is 2. The molecule has 0 aromatic rings. The maximum Gasteiger partial charge on any atom is 0.328 e. The lowest BCUT2D eigenvalue weighted by Crippen LogP contribution is -2.47. The molecule has 24 heavy (non-hydrogen) atoms. The molecule has 8 heteroatoms. The molecule has 1 amide bonds. The van der Waals surface area contributed by atoms with E-state index in [1.165, 1.54) is 7.11 Å². The fraction of sp³-hybridized carbons (Fsp3) is 0.750. The Bertz CT molecular complexity index is 446. The van der Waals surface area contributed by atoms with Gasteiger partial charge in [0, 0.05) is 26.6 Å². The molecule has 0 aromatic carbocycles. The fourth-order valence-electron chi connectivity index (χ4n) is 2.24. The minimum absolute atomic E-state index is 0.0152. The summed E-state index contributed by atoms with van der Waals surface area (Å²) in [5.41, 5.74) is 0. The van der Waals surface area contributed by atoms with E-state index in [1.54, 1.807) is 6.92 Å². The van der Waals surface area contributed by atoms with Crippen molar-refractivity contribution in [3.63, 3.8) is 0 Å². The molecule has 0 saturated carbocycles. The van der Waals surface area contributed by atoms with Crippen LogP contribution >= 0.6 is 0 Å². The normalized spacial score (nSPS) is 20.3. The number of nitrogens with one attached hydrogen (secondary N) is 2. The number of esters is 1. The number of rotatable bonds is 9. The minimum atomic E-state index is -0.942. The Labute approximate surface area is 141 Å². The molecule has 0 radical (unpaired) electrons. The van der Waals surface area contributed by atoms with Crippen LogP contribution in [0.2, 0.25) is 0 Å². The summed E-state index contributed by atoms with van der Waals surface area (Å²) in [4.78, 5) is 35.6. The first kappa shape index (κ1) is 20.2. The second-order valence-corrected chi connectivity index (χ2v) is 5.69. The number of carbonyl (C=O) groups excluding carboxylic acids is 3. The first-order valence-electron chi connectivity index (χ1n) is 8.12. The molecule has 8 nitrogen and oxygen atoms in total. The first-order chi connectivity index (χ1) is 11.5. The Kier molecular flexibility index (Phi) is 9.18. The van der Waals surface area contributed by atoms with Crippen molar-refractivity contribution in [2.45, 2.75) is 57.3 Å². The van der Waals surface area contributed by atoms with Gasteiger partial charge in [0.2, 0.25) is 5.91 Å². The zero-order valence-electron chi connectivity index (χ0n) is 14.2. The molecule has 1 rings (SSSR count). The molecular formula is C16H26N2O6. The topological polar surface area (TPSA) is 115 Å². The van der Waals surface area contributed by atoms with Crippen molar-refractivity contribution in [3.05, 3.63) is 0 Å². The molecule has 0 unspecified atom stereocenters. The quantitative estimate of drug-likeness (QED) is 0.469. The smallest absolute Gasteiger partial charge is 0.328 e. The molecule has 1 aliphatic rings. The summed E-state index contributed by atoms with van der Waals surface area (Å²) in [6.07, 6.45) is 1.92. The SMILES string of the molecule is CO[C@H](C)C(=O)N[C@@H](CCC(=O)C=N)C(=O)O[C@H]1CCCOCC1. The Morgan fingerprint density at radius 2 is 2.08 bits per heavy atom. The molecule has 0 spiro atoms. The lowest BCUT2D eigenvalue weighted by Gasteiger charge is -2.22. The third kappa shape index (κ3) is 7.18. The highest BCUT2D eigenvalue weighted by atomic mass is 16.5. The fourth-order valence-corrected chi connectivity index (χ4v) is 2.24. The van der Waals surface area contributed by atoms with Gasteiger partial charge in [0.15, 0.2) is 5.78 Å². The van der Waals surface area contributed by atoms with Gasteiger partial charge in [-0.15, -0.1) is 0 Å². The Morgan fingerprint density at radius 1 is 1.33 bits per heavy atom. The van der Waals surface area contributed by atoms with Gasteiger partial charge in [-0.2, -0.15) is 0 Å². The average molecular weight is 342 g/mol. The van der Waals surface area contributed by atoms with Crippen molar-refractivity contribution < 1.29 is 28.6 Å². The van der Waals surface area contributed by atoms with Crippen LogP contribution in [0.15, 0.2) is 0 Å². The highest BCUT2D eigenvalue weighted by Crippen LogP contribution is 2.14. The van der Waals surface area contributed by atoms with Gasteiger partial charge < -0.3 is 24.9 Å². The summed E-state index contributed by atoms with van der Waals surface area (Å²) >= 11 is 0. The van der Waals surface area contributed by atoms with Crippen LogP contribution in [0.5, 0.6) is 0 Å². The van der Waals surface area contributed by atoms with Crippen molar-refractivity contribution in [3.8, 4) is 0 Å². The molecule has 136 valence electrons. The molecular weight excluding hydrogens is 316 g/mol. The maximum absolute atomic E-state index is 12.4. The van der Waals surface area contributed by atoms with Crippen molar-refractivity contribution >= 4 is 23.9 Å². The van der Waals surface area contributed by atoms with E-state index in [0.717, 1.165) is 6.42 Å². The number of carbonyl (C=O) groups is 3. The summed E-state index contributed by atoms with van der Waals surface area (Å²) in [6, 6.07) is -0.942. The number of ether oxygens (including phenoxy) is 3. The van der Waals surface area contributed by atoms with E-state index in [2.05, 4.69) is 5.32 Å². The molecule has 1 saturated heterocycles. The lowest BCUT2D eigenvalue weighted by atomic mass is 10.1. The van der Waals surface area contributed by atoms with Crippen molar-refractivity contribution in [1.82, 2.24) is 5.32 Å². The van der Waals surface area contributed by atoms with Gasteiger partial charge in [0.05, 0.1) is 12.8 Å².